The predicted octanol–water partition coefficient (Wildman–Crippen LogP) is 2.02. The van der Waals surface area contributed by atoms with E-state index in [9.17, 15) is 4.79 Å². The van der Waals surface area contributed by atoms with Gasteiger partial charge in [-0.05, 0) is 31.7 Å². The molecule has 22 heavy (non-hydrogen) atoms. The second-order valence-electron chi connectivity index (χ2n) is 6.74. The number of likely N-dealkylation sites (tertiary alicyclic amines) is 1. The molecule has 2 aliphatic heterocycles. The Morgan fingerprint density at radius 3 is 3.09 bits per heavy atom. The molecule has 0 bridgehead atoms. The van der Waals surface area contributed by atoms with Gasteiger partial charge in [-0.1, -0.05) is 6.07 Å². The highest BCUT2D eigenvalue weighted by Crippen LogP contribution is 2.38. The number of piperidine rings is 1. The van der Waals surface area contributed by atoms with E-state index < -0.39 is 0 Å². The molecule has 0 N–H and O–H groups in total. The normalized spacial score (nSPS) is 31.5. The number of hydrogen-bond acceptors (Lipinski definition) is 4. The van der Waals surface area contributed by atoms with Gasteiger partial charge in [0.1, 0.15) is 6.10 Å². The Morgan fingerprint density at radius 2 is 2.32 bits per heavy atom. The second-order valence-corrected chi connectivity index (χ2v) is 6.74. The predicted molar refractivity (Wildman–Crippen MR) is 80.5 cm³/mol. The maximum absolute atomic E-state index is 12.3. The van der Waals surface area contributed by atoms with Crippen LogP contribution in [0.25, 0.3) is 0 Å². The Morgan fingerprint density at radius 1 is 1.41 bits per heavy atom. The first-order valence-electron chi connectivity index (χ1n) is 8.25. The van der Waals surface area contributed by atoms with Crippen molar-refractivity contribution >= 4 is 5.91 Å². The number of nitrogens with zero attached hydrogens (tertiary/aromatic N) is 2. The third-order valence-electron chi connectivity index (χ3n) is 4.88. The minimum absolute atomic E-state index is 0.0332. The molecule has 3 aliphatic rings. The van der Waals surface area contributed by atoms with Gasteiger partial charge < -0.3 is 14.4 Å². The average Bonchev–Trinajstić information content (AvgIpc) is 3.33. The van der Waals surface area contributed by atoms with Crippen molar-refractivity contribution in [1.82, 2.24) is 9.88 Å². The summed E-state index contributed by atoms with van der Waals surface area (Å²) < 4.78 is 12.0. The fourth-order valence-electron chi connectivity index (χ4n) is 3.62. The van der Waals surface area contributed by atoms with Crippen LogP contribution in [0.2, 0.25) is 0 Å². The standard InChI is InChI=1S/C17H22N2O3/c20-16(13-5-6-13)19-9-3-7-17(12-19)10-14(11-21-17)22-15-4-1-2-8-18-15/h1-2,4,8,13-14H,3,5-7,9-12H2/t14-,17-/m1/s1. The number of pyridine rings is 1. The van der Waals surface area contributed by atoms with Gasteiger partial charge in [-0.3, -0.25) is 4.79 Å². The van der Waals surface area contributed by atoms with Gasteiger partial charge in [0.2, 0.25) is 11.8 Å². The molecule has 1 aromatic heterocycles. The molecule has 3 fully saturated rings. The summed E-state index contributed by atoms with van der Waals surface area (Å²) in [6.45, 7) is 2.19. The zero-order valence-corrected chi connectivity index (χ0v) is 12.7. The van der Waals surface area contributed by atoms with E-state index in [-0.39, 0.29) is 17.6 Å². The Bertz CT molecular complexity index is 546. The Labute approximate surface area is 130 Å². The number of carbonyl (C=O) groups excluding carboxylic acids is 1. The zero-order chi connectivity index (χ0) is 15.0. The zero-order valence-electron chi connectivity index (χ0n) is 12.7. The molecule has 2 atom stereocenters. The van der Waals surface area contributed by atoms with E-state index in [0.717, 1.165) is 45.2 Å². The number of rotatable bonds is 3. The van der Waals surface area contributed by atoms with E-state index in [2.05, 4.69) is 4.98 Å². The summed E-state index contributed by atoms with van der Waals surface area (Å²) in [5.74, 6) is 1.27. The molecule has 1 amide bonds. The van der Waals surface area contributed by atoms with Gasteiger partial charge in [0.25, 0.3) is 0 Å². The molecule has 0 aromatic carbocycles. The molecule has 5 heteroatoms. The van der Waals surface area contributed by atoms with Crippen molar-refractivity contribution < 1.29 is 14.3 Å². The maximum atomic E-state index is 12.3. The lowest BCUT2D eigenvalue weighted by Crippen LogP contribution is -2.50. The van der Waals surface area contributed by atoms with Crippen molar-refractivity contribution in [3.8, 4) is 5.88 Å². The van der Waals surface area contributed by atoms with Crippen molar-refractivity contribution in [2.24, 2.45) is 5.92 Å². The number of hydrogen-bond donors (Lipinski definition) is 0. The van der Waals surface area contributed by atoms with Crippen molar-refractivity contribution in [3.63, 3.8) is 0 Å². The Balaban J connectivity index is 1.39. The fourth-order valence-corrected chi connectivity index (χ4v) is 3.62. The molecule has 1 aliphatic carbocycles. The summed E-state index contributed by atoms with van der Waals surface area (Å²) in [7, 11) is 0. The molecular weight excluding hydrogens is 280 g/mol. The van der Waals surface area contributed by atoms with Gasteiger partial charge in [0, 0.05) is 37.7 Å². The van der Waals surface area contributed by atoms with Crippen LogP contribution in [0, 0.1) is 5.92 Å². The number of aromatic nitrogens is 1. The minimum Gasteiger partial charge on any atom is -0.472 e. The maximum Gasteiger partial charge on any atom is 0.225 e. The van der Waals surface area contributed by atoms with Crippen LogP contribution in [0.3, 0.4) is 0 Å². The largest absolute Gasteiger partial charge is 0.472 e. The summed E-state index contributed by atoms with van der Waals surface area (Å²) in [6, 6.07) is 5.67. The first kappa shape index (κ1) is 14.0. The third-order valence-corrected chi connectivity index (χ3v) is 4.88. The lowest BCUT2D eigenvalue weighted by molar-refractivity contribution is -0.140. The van der Waals surface area contributed by atoms with E-state index in [0.29, 0.717) is 18.4 Å². The average molecular weight is 302 g/mol. The molecule has 4 rings (SSSR count). The fraction of sp³-hybridized carbons (Fsp3) is 0.647. The number of carbonyl (C=O) groups is 1. The van der Waals surface area contributed by atoms with E-state index in [1.165, 1.54) is 0 Å². The van der Waals surface area contributed by atoms with Crippen molar-refractivity contribution in [3.05, 3.63) is 24.4 Å². The van der Waals surface area contributed by atoms with Crippen LogP contribution in [0.4, 0.5) is 0 Å². The molecule has 0 radical (unpaired) electrons. The summed E-state index contributed by atoms with van der Waals surface area (Å²) in [6.07, 6.45) is 6.78. The lowest BCUT2D eigenvalue weighted by atomic mass is 9.89. The number of ether oxygens (including phenoxy) is 2. The monoisotopic (exact) mass is 302 g/mol. The van der Waals surface area contributed by atoms with Crippen LogP contribution < -0.4 is 4.74 Å². The van der Waals surface area contributed by atoms with Crippen LogP contribution in [-0.2, 0) is 9.53 Å². The van der Waals surface area contributed by atoms with Crippen molar-refractivity contribution in [2.45, 2.75) is 43.8 Å². The Hall–Kier alpha value is -1.62. The molecule has 118 valence electrons. The quantitative estimate of drug-likeness (QED) is 0.857. The van der Waals surface area contributed by atoms with Crippen LogP contribution >= 0.6 is 0 Å². The molecule has 0 unspecified atom stereocenters. The first-order valence-corrected chi connectivity index (χ1v) is 8.25. The van der Waals surface area contributed by atoms with Gasteiger partial charge >= 0.3 is 0 Å². The van der Waals surface area contributed by atoms with Gasteiger partial charge in [-0.15, -0.1) is 0 Å². The SMILES string of the molecule is O=C(C1CC1)N1CCC[C@@]2(C[C@@H](Oc3ccccn3)CO2)C1. The summed E-state index contributed by atoms with van der Waals surface area (Å²) in [5.41, 5.74) is -0.206. The first-order chi connectivity index (χ1) is 10.7. The molecule has 5 nitrogen and oxygen atoms in total. The highest BCUT2D eigenvalue weighted by Gasteiger charge is 2.47. The minimum atomic E-state index is -0.206. The van der Waals surface area contributed by atoms with Crippen molar-refractivity contribution in [1.29, 1.82) is 0 Å². The van der Waals surface area contributed by atoms with Crippen molar-refractivity contribution in [2.75, 3.05) is 19.7 Å². The smallest absolute Gasteiger partial charge is 0.225 e. The highest BCUT2D eigenvalue weighted by molar-refractivity contribution is 5.81. The van der Waals surface area contributed by atoms with Gasteiger partial charge in [-0.25, -0.2) is 4.98 Å². The lowest BCUT2D eigenvalue weighted by Gasteiger charge is -2.39. The second kappa shape index (κ2) is 5.54. The Kier molecular flexibility index (Phi) is 3.53. The molecule has 3 heterocycles. The molecular formula is C17H22N2O3. The van der Waals surface area contributed by atoms with E-state index in [1.54, 1.807) is 6.20 Å². The molecule has 1 aromatic rings. The third kappa shape index (κ3) is 2.82. The van der Waals surface area contributed by atoms with Gasteiger partial charge in [0.05, 0.1) is 12.2 Å². The van der Waals surface area contributed by atoms with Gasteiger partial charge in [0.15, 0.2) is 0 Å². The van der Waals surface area contributed by atoms with E-state index >= 15 is 0 Å². The molecule has 1 saturated carbocycles. The van der Waals surface area contributed by atoms with E-state index in [1.807, 2.05) is 23.1 Å². The van der Waals surface area contributed by atoms with Gasteiger partial charge in [-0.2, -0.15) is 0 Å². The van der Waals surface area contributed by atoms with Crippen LogP contribution in [0.1, 0.15) is 32.1 Å². The van der Waals surface area contributed by atoms with Crippen LogP contribution in [-0.4, -0.2) is 47.2 Å². The molecule has 2 saturated heterocycles. The summed E-state index contributed by atoms with van der Waals surface area (Å²) in [5, 5.41) is 0. The number of amides is 1. The topological polar surface area (TPSA) is 51.7 Å². The summed E-state index contributed by atoms with van der Waals surface area (Å²) >= 11 is 0. The van der Waals surface area contributed by atoms with Crippen LogP contribution in [0.5, 0.6) is 5.88 Å². The molecule has 1 spiro atoms. The highest BCUT2D eigenvalue weighted by atomic mass is 16.6. The summed E-state index contributed by atoms with van der Waals surface area (Å²) in [4.78, 5) is 18.5. The van der Waals surface area contributed by atoms with Crippen LogP contribution in [0.15, 0.2) is 24.4 Å². The van der Waals surface area contributed by atoms with E-state index in [4.69, 9.17) is 9.47 Å².